The maximum absolute atomic E-state index is 12.5. The number of nitrogens with zero attached hydrogens (tertiary/aromatic N) is 4. The Morgan fingerprint density at radius 3 is 2.75 bits per heavy atom. The molecular weight excluding hydrogens is 306 g/mol. The number of likely N-dealkylation sites (tertiary alicyclic amines) is 1. The highest BCUT2D eigenvalue weighted by Crippen LogP contribution is 2.35. The minimum atomic E-state index is -0.524. The minimum Gasteiger partial charge on any atom is -0.444 e. The second kappa shape index (κ2) is 5.89. The number of aromatic nitrogens is 3. The quantitative estimate of drug-likeness (QED) is 0.864. The fourth-order valence-electron chi connectivity index (χ4n) is 3.01. The second-order valence-electron chi connectivity index (χ2n) is 7.10. The first-order valence-corrected chi connectivity index (χ1v) is 8.15. The van der Waals surface area contributed by atoms with Gasteiger partial charge in [-0.2, -0.15) is 0 Å². The van der Waals surface area contributed by atoms with E-state index in [9.17, 15) is 4.79 Å². The molecule has 2 aromatic heterocycles. The van der Waals surface area contributed by atoms with Crippen molar-refractivity contribution < 1.29 is 9.53 Å². The van der Waals surface area contributed by atoms with E-state index >= 15 is 0 Å². The molecule has 1 atom stereocenters. The summed E-state index contributed by atoms with van der Waals surface area (Å²) in [6.45, 7) is 8.08. The van der Waals surface area contributed by atoms with Gasteiger partial charge in [0, 0.05) is 11.9 Å². The number of nitrogen functional groups attached to an aromatic ring is 1. The Bertz CT molecular complexity index is 779. The maximum Gasteiger partial charge on any atom is 0.410 e. The molecule has 0 aliphatic carbocycles. The summed E-state index contributed by atoms with van der Waals surface area (Å²) in [6, 6.07) is 3.48. The molecule has 1 saturated heterocycles. The summed E-state index contributed by atoms with van der Waals surface area (Å²) >= 11 is 0. The summed E-state index contributed by atoms with van der Waals surface area (Å²) < 4.78 is 5.54. The summed E-state index contributed by atoms with van der Waals surface area (Å²) in [7, 11) is 0. The van der Waals surface area contributed by atoms with E-state index in [1.54, 1.807) is 11.0 Å². The van der Waals surface area contributed by atoms with Crippen LogP contribution in [0.2, 0.25) is 0 Å². The third-order valence-corrected chi connectivity index (χ3v) is 3.92. The van der Waals surface area contributed by atoms with Gasteiger partial charge in [0.25, 0.3) is 0 Å². The van der Waals surface area contributed by atoms with E-state index in [0.29, 0.717) is 23.8 Å². The highest BCUT2D eigenvalue weighted by molar-refractivity contribution is 5.80. The number of anilines is 1. The molecular formula is C17H23N5O2. The van der Waals surface area contributed by atoms with Gasteiger partial charge in [0.2, 0.25) is 0 Å². The molecule has 1 aliphatic heterocycles. The van der Waals surface area contributed by atoms with Crippen LogP contribution < -0.4 is 5.73 Å². The van der Waals surface area contributed by atoms with Gasteiger partial charge >= 0.3 is 6.09 Å². The van der Waals surface area contributed by atoms with Gasteiger partial charge in [-0.05, 0) is 52.7 Å². The van der Waals surface area contributed by atoms with Crippen LogP contribution in [0.5, 0.6) is 0 Å². The van der Waals surface area contributed by atoms with Crippen molar-refractivity contribution in [3.63, 3.8) is 0 Å². The predicted octanol–water partition coefficient (Wildman–Crippen LogP) is 2.99. The Kier molecular flexibility index (Phi) is 4.03. The smallest absolute Gasteiger partial charge is 0.410 e. The summed E-state index contributed by atoms with van der Waals surface area (Å²) in [4.78, 5) is 27.5. The van der Waals surface area contributed by atoms with Crippen molar-refractivity contribution in [3.8, 4) is 0 Å². The first-order chi connectivity index (χ1) is 11.2. The third-order valence-electron chi connectivity index (χ3n) is 3.92. The SMILES string of the molecule is Cc1nc(C2CCCN2C(=O)OC(C)(C)C)c2ccc(N)nc2n1. The molecule has 0 spiro atoms. The molecule has 0 aromatic carbocycles. The fourth-order valence-corrected chi connectivity index (χ4v) is 3.01. The molecule has 2 aromatic rings. The van der Waals surface area contributed by atoms with Crippen LogP contribution in [0.3, 0.4) is 0 Å². The molecule has 128 valence electrons. The van der Waals surface area contributed by atoms with Gasteiger partial charge in [0.15, 0.2) is 5.65 Å². The number of nitrogens with two attached hydrogens (primary N) is 1. The normalized spacial score (nSPS) is 18.2. The Balaban J connectivity index is 2.01. The number of aryl methyl sites for hydroxylation is 1. The van der Waals surface area contributed by atoms with Gasteiger partial charge in [0.1, 0.15) is 17.2 Å². The molecule has 1 amide bonds. The lowest BCUT2D eigenvalue weighted by atomic mass is 10.1. The van der Waals surface area contributed by atoms with E-state index in [1.165, 1.54) is 0 Å². The zero-order valence-electron chi connectivity index (χ0n) is 14.5. The number of ether oxygens (including phenoxy) is 1. The number of rotatable bonds is 1. The standard InChI is InChI=1S/C17H23N5O2/c1-10-19-14(11-7-8-13(18)21-15(11)20-10)12-6-5-9-22(12)16(23)24-17(2,3)4/h7-8,12H,5-6,9H2,1-4H3,(H2,18,19,20,21). The Morgan fingerprint density at radius 2 is 2.04 bits per heavy atom. The zero-order valence-corrected chi connectivity index (χ0v) is 14.5. The average Bonchev–Trinajstić information content (AvgIpc) is 2.93. The van der Waals surface area contributed by atoms with Crippen molar-refractivity contribution in [1.82, 2.24) is 19.9 Å². The average molecular weight is 329 g/mol. The molecule has 1 aliphatic rings. The van der Waals surface area contributed by atoms with E-state index in [0.717, 1.165) is 23.9 Å². The Labute approximate surface area is 141 Å². The van der Waals surface area contributed by atoms with Crippen molar-refractivity contribution >= 4 is 22.9 Å². The maximum atomic E-state index is 12.5. The number of pyridine rings is 1. The van der Waals surface area contributed by atoms with Crippen LogP contribution in [0.15, 0.2) is 12.1 Å². The van der Waals surface area contributed by atoms with Gasteiger partial charge < -0.3 is 10.5 Å². The molecule has 7 nitrogen and oxygen atoms in total. The number of hydrogen-bond acceptors (Lipinski definition) is 6. The second-order valence-corrected chi connectivity index (χ2v) is 7.10. The Hall–Kier alpha value is -2.44. The first kappa shape index (κ1) is 16.4. The van der Waals surface area contributed by atoms with Gasteiger partial charge in [-0.15, -0.1) is 0 Å². The van der Waals surface area contributed by atoms with Crippen molar-refractivity contribution in [1.29, 1.82) is 0 Å². The lowest BCUT2D eigenvalue weighted by Gasteiger charge is -2.28. The molecule has 3 heterocycles. The number of carbonyl (C=O) groups excluding carboxylic acids is 1. The van der Waals surface area contributed by atoms with Gasteiger partial charge in [0.05, 0.1) is 11.7 Å². The zero-order chi connectivity index (χ0) is 17.5. The van der Waals surface area contributed by atoms with E-state index in [4.69, 9.17) is 10.5 Å². The van der Waals surface area contributed by atoms with E-state index in [1.807, 2.05) is 33.8 Å². The van der Waals surface area contributed by atoms with E-state index in [2.05, 4.69) is 15.0 Å². The number of hydrogen-bond donors (Lipinski definition) is 1. The van der Waals surface area contributed by atoms with Crippen molar-refractivity contribution in [2.75, 3.05) is 12.3 Å². The van der Waals surface area contributed by atoms with Gasteiger partial charge in [-0.1, -0.05) is 0 Å². The highest BCUT2D eigenvalue weighted by atomic mass is 16.6. The van der Waals surface area contributed by atoms with E-state index in [-0.39, 0.29) is 12.1 Å². The van der Waals surface area contributed by atoms with Crippen LogP contribution in [0.25, 0.3) is 11.0 Å². The largest absolute Gasteiger partial charge is 0.444 e. The van der Waals surface area contributed by atoms with Crippen LogP contribution >= 0.6 is 0 Å². The minimum absolute atomic E-state index is 0.130. The monoisotopic (exact) mass is 329 g/mol. The van der Waals surface area contributed by atoms with Crippen LogP contribution in [0.4, 0.5) is 10.6 Å². The molecule has 1 unspecified atom stereocenters. The lowest BCUT2D eigenvalue weighted by molar-refractivity contribution is 0.0222. The number of fused-ring (bicyclic) bond motifs is 1. The summed E-state index contributed by atoms with van der Waals surface area (Å²) in [6.07, 6.45) is 1.45. The van der Waals surface area contributed by atoms with Crippen LogP contribution in [0, 0.1) is 6.92 Å². The first-order valence-electron chi connectivity index (χ1n) is 8.15. The van der Waals surface area contributed by atoms with Crippen molar-refractivity contribution in [2.24, 2.45) is 0 Å². The van der Waals surface area contributed by atoms with Gasteiger partial charge in [-0.3, -0.25) is 4.90 Å². The summed E-state index contributed by atoms with van der Waals surface area (Å²) in [5.74, 6) is 1.04. The van der Waals surface area contributed by atoms with Crippen LogP contribution in [-0.2, 0) is 4.74 Å². The molecule has 2 N–H and O–H groups in total. The molecule has 1 fully saturated rings. The van der Waals surface area contributed by atoms with E-state index < -0.39 is 5.60 Å². The molecule has 0 bridgehead atoms. The number of carbonyl (C=O) groups is 1. The predicted molar refractivity (Wildman–Crippen MR) is 91.4 cm³/mol. The topological polar surface area (TPSA) is 94.2 Å². The third kappa shape index (κ3) is 3.25. The van der Waals surface area contributed by atoms with Crippen LogP contribution in [-0.4, -0.2) is 38.1 Å². The van der Waals surface area contributed by atoms with Crippen molar-refractivity contribution in [2.45, 2.75) is 52.2 Å². The summed E-state index contributed by atoms with van der Waals surface area (Å²) in [5, 5.41) is 0.829. The lowest BCUT2D eigenvalue weighted by Crippen LogP contribution is -2.36. The summed E-state index contributed by atoms with van der Waals surface area (Å²) in [5.41, 5.74) is 6.62. The van der Waals surface area contributed by atoms with Gasteiger partial charge in [-0.25, -0.2) is 19.7 Å². The fraction of sp³-hybridized carbons (Fsp3) is 0.529. The molecule has 7 heteroatoms. The molecule has 0 radical (unpaired) electrons. The molecule has 3 rings (SSSR count). The molecule has 0 saturated carbocycles. The highest BCUT2D eigenvalue weighted by Gasteiger charge is 2.35. The van der Waals surface area contributed by atoms with Crippen molar-refractivity contribution in [3.05, 3.63) is 23.7 Å². The number of amides is 1. The molecule has 24 heavy (non-hydrogen) atoms. The van der Waals surface area contributed by atoms with Crippen LogP contribution in [0.1, 0.15) is 51.2 Å². The Morgan fingerprint density at radius 1 is 1.29 bits per heavy atom.